The number of rotatable bonds is 2. The molecule has 0 atom stereocenters. The topological polar surface area (TPSA) is 58.9 Å². The van der Waals surface area contributed by atoms with Crippen LogP contribution < -0.4 is 0 Å². The van der Waals surface area contributed by atoms with E-state index in [1.165, 1.54) is 6.20 Å². The number of azo groups is 1. The highest BCUT2D eigenvalue weighted by atomic mass is 16.2. The number of ketones is 1. The highest BCUT2D eigenvalue weighted by Crippen LogP contribution is 2.12. The lowest BCUT2D eigenvalue weighted by Crippen LogP contribution is -2.14. The molecule has 0 spiro atoms. The van der Waals surface area contributed by atoms with Gasteiger partial charge in [-0.05, 0) is 0 Å². The van der Waals surface area contributed by atoms with Gasteiger partial charge in [-0.3, -0.25) is 9.59 Å². The van der Waals surface area contributed by atoms with Gasteiger partial charge >= 0.3 is 5.91 Å². The molecule has 58 valence electrons. The number of carbonyl (C=O) groups is 2. The summed E-state index contributed by atoms with van der Waals surface area (Å²) in [7, 11) is 0. The van der Waals surface area contributed by atoms with Crippen LogP contribution in [0.25, 0.3) is 0 Å². The van der Waals surface area contributed by atoms with E-state index >= 15 is 0 Å². The van der Waals surface area contributed by atoms with Gasteiger partial charge in [0, 0.05) is 5.92 Å². The van der Waals surface area contributed by atoms with E-state index < -0.39 is 5.91 Å². The first-order valence-corrected chi connectivity index (χ1v) is 3.32. The molecule has 4 nitrogen and oxygen atoms in total. The van der Waals surface area contributed by atoms with Crippen LogP contribution >= 0.6 is 0 Å². The molecule has 11 heavy (non-hydrogen) atoms. The van der Waals surface area contributed by atoms with Gasteiger partial charge in [-0.1, -0.05) is 13.8 Å². The van der Waals surface area contributed by atoms with Crippen LogP contribution in [0.15, 0.2) is 22.0 Å². The van der Waals surface area contributed by atoms with E-state index in [0.29, 0.717) is 0 Å². The Morgan fingerprint density at radius 1 is 1.55 bits per heavy atom. The third-order valence-corrected chi connectivity index (χ3v) is 1.36. The summed E-state index contributed by atoms with van der Waals surface area (Å²) in [6.07, 6.45) is 1.21. The average molecular weight is 152 g/mol. The van der Waals surface area contributed by atoms with Crippen molar-refractivity contribution in [2.75, 3.05) is 0 Å². The quantitative estimate of drug-likeness (QED) is 0.556. The summed E-state index contributed by atoms with van der Waals surface area (Å²) in [5, 5.41) is 6.54. The molecule has 0 saturated heterocycles. The first-order valence-electron chi connectivity index (χ1n) is 3.32. The van der Waals surface area contributed by atoms with E-state index in [1.54, 1.807) is 13.8 Å². The van der Waals surface area contributed by atoms with Crippen molar-refractivity contribution in [3.63, 3.8) is 0 Å². The lowest BCUT2D eigenvalue weighted by molar-refractivity contribution is -0.122. The zero-order valence-electron chi connectivity index (χ0n) is 6.37. The van der Waals surface area contributed by atoms with Crippen LogP contribution in [0.5, 0.6) is 0 Å². The predicted octanol–water partition coefficient (Wildman–Crippen LogP) is 1.09. The Hall–Kier alpha value is -1.32. The smallest absolute Gasteiger partial charge is 0.294 e. The molecule has 0 aromatic carbocycles. The molecule has 0 bridgehead atoms. The number of nitrogens with zero attached hydrogens (tertiary/aromatic N) is 2. The molecule has 1 amide bonds. The van der Waals surface area contributed by atoms with Gasteiger partial charge < -0.3 is 0 Å². The van der Waals surface area contributed by atoms with E-state index in [9.17, 15) is 9.59 Å². The molecule has 0 aliphatic carbocycles. The summed E-state index contributed by atoms with van der Waals surface area (Å²) in [5.74, 6) is -0.891. The molecule has 0 aromatic rings. The number of hydrogen-bond donors (Lipinski definition) is 0. The molecular formula is C7H8N2O2. The van der Waals surface area contributed by atoms with Gasteiger partial charge in [0.15, 0.2) is 5.78 Å². The Kier molecular flexibility index (Phi) is 1.94. The monoisotopic (exact) mass is 152 g/mol. The fourth-order valence-electron chi connectivity index (χ4n) is 0.728. The minimum Gasteiger partial charge on any atom is -0.294 e. The fourth-order valence-corrected chi connectivity index (χ4v) is 0.728. The molecule has 0 saturated carbocycles. The first kappa shape index (κ1) is 7.78. The van der Waals surface area contributed by atoms with Gasteiger partial charge in [-0.15, -0.1) is 5.11 Å². The zero-order valence-corrected chi connectivity index (χ0v) is 6.37. The molecule has 1 aliphatic heterocycles. The lowest BCUT2D eigenvalue weighted by atomic mass is 10.0. The van der Waals surface area contributed by atoms with Crippen molar-refractivity contribution in [2.45, 2.75) is 13.8 Å². The molecule has 0 aromatic heterocycles. The third kappa shape index (κ3) is 1.39. The molecule has 0 fully saturated rings. The number of hydrogen-bond acceptors (Lipinski definition) is 3. The maximum absolute atomic E-state index is 11.1. The second-order valence-electron chi connectivity index (χ2n) is 2.58. The molecule has 1 aliphatic rings. The van der Waals surface area contributed by atoms with Crippen LogP contribution in [0.3, 0.4) is 0 Å². The number of Topliss-reactive ketones (excluding diaryl/α,β-unsaturated/α-hetero) is 1. The summed E-state index contributed by atoms with van der Waals surface area (Å²) in [6, 6.07) is 0. The van der Waals surface area contributed by atoms with Crippen LogP contribution in [0.1, 0.15) is 13.8 Å². The molecule has 1 rings (SSSR count). The van der Waals surface area contributed by atoms with Crippen LogP contribution in [0, 0.1) is 5.92 Å². The summed E-state index contributed by atoms with van der Waals surface area (Å²) < 4.78 is 0. The van der Waals surface area contributed by atoms with Gasteiger partial charge in [0.05, 0.1) is 6.20 Å². The van der Waals surface area contributed by atoms with Gasteiger partial charge in [-0.25, -0.2) is 0 Å². The summed E-state index contributed by atoms with van der Waals surface area (Å²) in [4.78, 5) is 21.9. The average Bonchev–Trinajstić information content (AvgIpc) is 2.33. The molecule has 4 heteroatoms. The van der Waals surface area contributed by atoms with Crippen molar-refractivity contribution in [1.29, 1.82) is 0 Å². The summed E-state index contributed by atoms with van der Waals surface area (Å²) in [6.45, 7) is 3.46. The predicted molar refractivity (Wildman–Crippen MR) is 37.8 cm³/mol. The van der Waals surface area contributed by atoms with Crippen molar-refractivity contribution >= 4 is 11.7 Å². The molecular weight excluding hydrogens is 144 g/mol. The van der Waals surface area contributed by atoms with Crippen molar-refractivity contribution < 1.29 is 9.59 Å². The third-order valence-electron chi connectivity index (χ3n) is 1.36. The minimum atomic E-state index is -0.524. The Bertz CT molecular complexity index is 264. The zero-order chi connectivity index (χ0) is 8.43. The first-order chi connectivity index (χ1) is 5.13. The Morgan fingerprint density at radius 2 is 2.18 bits per heavy atom. The highest BCUT2D eigenvalue weighted by Gasteiger charge is 2.23. The van der Waals surface area contributed by atoms with E-state index in [1.807, 2.05) is 0 Å². The van der Waals surface area contributed by atoms with Gasteiger partial charge in [0.2, 0.25) is 0 Å². The molecule has 0 unspecified atom stereocenters. The Balaban J connectivity index is 2.79. The summed E-state index contributed by atoms with van der Waals surface area (Å²) in [5.41, 5.74) is 0.0972. The van der Waals surface area contributed by atoms with Crippen molar-refractivity contribution in [2.24, 2.45) is 16.1 Å². The Labute approximate surface area is 64.0 Å². The second-order valence-corrected chi connectivity index (χ2v) is 2.58. The van der Waals surface area contributed by atoms with E-state index in [-0.39, 0.29) is 17.3 Å². The second kappa shape index (κ2) is 2.74. The van der Waals surface area contributed by atoms with Gasteiger partial charge in [0.1, 0.15) is 5.57 Å². The normalized spacial score (nSPS) is 15.9. The minimum absolute atomic E-state index is 0.0972. The van der Waals surface area contributed by atoms with Gasteiger partial charge in [-0.2, -0.15) is 5.11 Å². The molecule has 1 heterocycles. The molecule has 0 radical (unpaired) electrons. The van der Waals surface area contributed by atoms with Crippen molar-refractivity contribution in [3.05, 3.63) is 11.8 Å². The van der Waals surface area contributed by atoms with Crippen LogP contribution in [-0.4, -0.2) is 11.7 Å². The SMILES string of the molecule is CC(C)C(=O)C1=CN=NC1=O. The fraction of sp³-hybridized carbons (Fsp3) is 0.429. The lowest BCUT2D eigenvalue weighted by Gasteiger charge is -1.99. The summed E-state index contributed by atoms with van der Waals surface area (Å²) >= 11 is 0. The van der Waals surface area contributed by atoms with E-state index in [2.05, 4.69) is 10.2 Å². The van der Waals surface area contributed by atoms with Gasteiger partial charge in [0.25, 0.3) is 0 Å². The van der Waals surface area contributed by atoms with Crippen molar-refractivity contribution in [1.82, 2.24) is 0 Å². The highest BCUT2D eigenvalue weighted by molar-refractivity contribution is 6.20. The maximum atomic E-state index is 11.1. The largest absolute Gasteiger partial charge is 0.300 e. The van der Waals surface area contributed by atoms with Crippen LogP contribution in [-0.2, 0) is 9.59 Å². The Morgan fingerprint density at radius 3 is 2.55 bits per heavy atom. The van der Waals surface area contributed by atoms with E-state index in [0.717, 1.165) is 0 Å². The van der Waals surface area contributed by atoms with Crippen LogP contribution in [0.2, 0.25) is 0 Å². The maximum Gasteiger partial charge on any atom is 0.300 e. The molecule has 0 N–H and O–H groups in total. The number of carbonyl (C=O) groups excluding carboxylic acids is 2. The standard InChI is InChI=1S/C7H8N2O2/c1-4(2)6(10)5-3-8-9-7(5)11/h3-4H,1-2H3. The van der Waals surface area contributed by atoms with E-state index in [4.69, 9.17) is 0 Å². The van der Waals surface area contributed by atoms with Crippen LogP contribution in [0.4, 0.5) is 0 Å². The van der Waals surface area contributed by atoms with Crippen molar-refractivity contribution in [3.8, 4) is 0 Å². The number of amides is 1.